The lowest BCUT2D eigenvalue weighted by atomic mass is 9.91. The molecule has 8 atom stereocenters. The molecule has 8 N–H and O–H groups in total. The lowest BCUT2D eigenvalue weighted by Gasteiger charge is -2.41. The van der Waals surface area contributed by atoms with Gasteiger partial charge in [-0.2, -0.15) is 0 Å². The van der Waals surface area contributed by atoms with Gasteiger partial charge in [-0.05, 0) is 12.8 Å². The summed E-state index contributed by atoms with van der Waals surface area (Å²) in [5.41, 5.74) is -4.39. The third kappa shape index (κ3) is 3.99. The van der Waals surface area contributed by atoms with Gasteiger partial charge in [0.15, 0.2) is 0 Å². The fraction of sp³-hybridized carbons (Fsp3) is 0.500. The van der Waals surface area contributed by atoms with Gasteiger partial charge in [0.25, 0.3) is 0 Å². The Hall–Kier alpha value is -4.50. The van der Waals surface area contributed by atoms with Gasteiger partial charge >= 0.3 is 36.3 Å². The summed E-state index contributed by atoms with van der Waals surface area (Å²) in [6.07, 6.45) is 0.289. The Morgan fingerprint density at radius 2 is 0.972 bits per heavy atom. The van der Waals surface area contributed by atoms with Crippen molar-refractivity contribution in [2.24, 2.45) is 23.7 Å². The third-order valence-electron chi connectivity index (χ3n) is 6.97. The number of amides is 4. The minimum Gasteiger partial charge on any atom is -0.465 e. The van der Waals surface area contributed by atoms with E-state index in [1.165, 1.54) is 12.2 Å². The smallest absolute Gasteiger partial charge is 0.419 e. The van der Waals surface area contributed by atoms with Gasteiger partial charge in [-0.25, -0.2) is 28.8 Å². The largest absolute Gasteiger partial charge is 0.465 e. The Balaban J connectivity index is 1.62. The van der Waals surface area contributed by atoms with Crippen molar-refractivity contribution in [3.05, 3.63) is 24.3 Å². The fourth-order valence-electron chi connectivity index (χ4n) is 5.77. The van der Waals surface area contributed by atoms with Crippen LogP contribution in [0, 0.1) is 23.7 Å². The van der Waals surface area contributed by atoms with E-state index in [9.17, 15) is 49.2 Å². The van der Waals surface area contributed by atoms with Gasteiger partial charge in [0.2, 0.25) is 11.4 Å². The van der Waals surface area contributed by atoms with Crippen LogP contribution < -0.4 is 21.3 Å². The van der Waals surface area contributed by atoms with Crippen LogP contribution in [0.15, 0.2) is 24.3 Å². The number of rotatable bonds is 6. The van der Waals surface area contributed by atoms with Crippen molar-refractivity contribution in [2.45, 2.75) is 36.4 Å². The van der Waals surface area contributed by atoms with Gasteiger partial charge < -0.3 is 40.5 Å². The van der Waals surface area contributed by atoms with Gasteiger partial charge in [-0.1, -0.05) is 24.3 Å². The summed E-state index contributed by atoms with van der Waals surface area (Å²) in [6, 6.07) is -2.56. The van der Waals surface area contributed by atoms with Crippen molar-refractivity contribution in [1.29, 1.82) is 0 Å². The molecule has 0 aliphatic heterocycles. The minimum absolute atomic E-state index is 0.206. The molecule has 4 aliphatic rings. The van der Waals surface area contributed by atoms with Crippen molar-refractivity contribution in [2.75, 3.05) is 0 Å². The molecule has 0 radical (unpaired) electrons. The third-order valence-corrected chi connectivity index (χ3v) is 6.97. The average Bonchev–Trinajstić information content (AvgIpc) is 3.51. The molecule has 0 aromatic heterocycles. The second-order valence-electron chi connectivity index (χ2n) is 8.86. The molecule has 0 aromatic rings. The molecule has 4 aliphatic carbocycles. The highest BCUT2D eigenvalue weighted by molar-refractivity contribution is 6.30. The van der Waals surface area contributed by atoms with E-state index < -0.39 is 83.5 Å². The summed E-state index contributed by atoms with van der Waals surface area (Å²) in [7, 11) is 0. The molecular formula is C20H22N4O12. The number of fused-ring (bicyclic) bond motifs is 4. The van der Waals surface area contributed by atoms with E-state index in [-0.39, 0.29) is 12.8 Å². The molecule has 36 heavy (non-hydrogen) atoms. The van der Waals surface area contributed by atoms with E-state index >= 15 is 0 Å². The molecule has 4 amide bonds. The van der Waals surface area contributed by atoms with E-state index in [4.69, 9.17) is 9.47 Å². The Morgan fingerprint density at radius 3 is 1.28 bits per heavy atom. The van der Waals surface area contributed by atoms with E-state index in [0.29, 0.717) is 0 Å². The van der Waals surface area contributed by atoms with Crippen LogP contribution in [0.2, 0.25) is 0 Å². The minimum atomic E-state index is -2.19. The quantitative estimate of drug-likeness (QED) is 0.0991. The molecule has 194 valence electrons. The lowest BCUT2D eigenvalue weighted by Crippen LogP contribution is -2.68. The highest BCUT2D eigenvalue weighted by atomic mass is 16.6. The van der Waals surface area contributed by atoms with Crippen LogP contribution in [0.25, 0.3) is 0 Å². The Labute approximate surface area is 201 Å². The summed E-state index contributed by atoms with van der Waals surface area (Å²) >= 11 is 0. The zero-order valence-electron chi connectivity index (χ0n) is 18.2. The van der Waals surface area contributed by atoms with Gasteiger partial charge in [0, 0.05) is 23.7 Å². The number of carboxylic acid groups (broad SMARTS) is 4. The van der Waals surface area contributed by atoms with Gasteiger partial charge in [-0.3, -0.25) is 10.6 Å². The molecule has 16 heteroatoms. The lowest BCUT2D eigenvalue weighted by molar-refractivity contribution is -0.195. The van der Waals surface area contributed by atoms with Gasteiger partial charge in [0.05, 0.1) is 12.1 Å². The maximum absolute atomic E-state index is 12.9. The topological polar surface area (TPSA) is 250 Å². The fourth-order valence-corrected chi connectivity index (χ4v) is 5.77. The number of esters is 2. The predicted octanol–water partition coefficient (Wildman–Crippen LogP) is -0.315. The van der Waals surface area contributed by atoms with Crippen molar-refractivity contribution < 1.29 is 58.7 Å². The van der Waals surface area contributed by atoms with Crippen LogP contribution in [0.1, 0.15) is 12.8 Å². The molecule has 0 heterocycles. The van der Waals surface area contributed by atoms with Crippen LogP contribution in [0.4, 0.5) is 19.2 Å². The number of hydrogen-bond acceptors (Lipinski definition) is 8. The van der Waals surface area contributed by atoms with Crippen molar-refractivity contribution in [3.8, 4) is 0 Å². The van der Waals surface area contributed by atoms with Crippen LogP contribution >= 0.6 is 0 Å². The molecule has 4 rings (SSSR count). The van der Waals surface area contributed by atoms with E-state index in [2.05, 4.69) is 10.6 Å². The molecular weight excluding hydrogens is 488 g/mol. The predicted molar refractivity (Wildman–Crippen MR) is 111 cm³/mol. The summed E-state index contributed by atoms with van der Waals surface area (Å²) in [5, 5.41) is 45.4. The number of nitrogens with one attached hydrogen (secondary N) is 4. The highest BCUT2D eigenvalue weighted by Crippen LogP contribution is 2.49. The first-order chi connectivity index (χ1) is 16.9. The van der Waals surface area contributed by atoms with Gasteiger partial charge in [0.1, 0.15) is 0 Å². The second-order valence-corrected chi connectivity index (χ2v) is 8.86. The summed E-state index contributed by atoms with van der Waals surface area (Å²) in [4.78, 5) is 71.5. The molecule has 0 saturated heterocycles. The number of carbonyl (C=O) groups is 6. The first kappa shape index (κ1) is 24.6. The Bertz CT molecular complexity index is 1010. The summed E-state index contributed by atoms with van der Waals surface area (Å²) in [6.45, 7) is 0. The number of ether oxygens (including phenoxy) is 2. The zero-order chi connectivity index (χ0) is 26.4. The van der Waals surface area contributed by atoms with E-state index in [1.807, 2.05) is 10.6 Å². The first-order valence-electron chi connectivity index (χ1n) is 10.7. The van der Waals surface area contributed by atoms with Crippen molar-refractivity contribution in [3.63, 3.8) is 0 Å². The summed E-state index contributed by atoms with van der Waals surface area (Å²) < 4.78 is 10.5. The molecule has 8 unspecified atom stereocenters. The van der Waals surface area contributed by atoms with Crippen LogP contribution in [-0.4, -0.2) is 80.3 Å². The normalized spacial score (nSPS) is 36.7. The second kappa shape index (κ2) is 8.62. The van der Waals surface area contributed by atoms with Crippen molar-refractivity contribution in [1.82, 2.24) is 21.3 Å². The maximum Gasteiger partial charge on any atom is 0.419 e. The molecule has 0 aromatic carbocycles. The van der Waals surface area contributed by atoms with Crippen LogP contribution in [0.5, 0.6) is 0 Å². The molecule has 4 bridgehead atoms. The summed E-state index contributed by atoms with van der Waals surface area (Å²) in [5.74, 6) is -6.25. The number of hydrogen-bond donors (Lipinski definition) is 8. The zero-order valence-corrected chi connectivity index (χ0v) is 18.2. The standard InChI is InChI=1S/C20H22N4O12/c25-13(35-19(23-17(31)32)9-3-1-7(5-9)11(19)21-15(27)28)14(26)36-20(24-18(33)34)10-4-2-8(6-10)12(20)22-16(29)30/h1-4,7-12,21-24H,5-6H2,(H,27,28)(H,29,30)(H,31,32)(H,33,34). The average molecular weight is 510 g/mol. The first-order valence-corrected chi connectivity index (χ1v) is 10.7. The number of carbonyl (C=O) groups excluding carboxylic acids is 2. The molecule has 0 spiro atoms. The van der Waals surface area contributed by atoms with E-state index in [1.54, 1.807) is 12.2 Å². The van der Waals surface area contributed by atoms with Crippen molar-refractivity contribution >= 4 is 36.3 Å². The van der Waals surface area contributed by atoms with Gasteiger partial charge in [-0.15, -0.1) is 0 Å². The SMILES string of the molecule is O=C(O)NC1C2C=CC(C2)C1(NC(=O)O)OC(=O)C(=O)OC1(NC(=O)O)C2C=CC(C2)C1NC(=O)O. The molecule has 2 saturated carbocycles. The van der Waals surface area contributed by atoms with E-state index in [0.717, 1.165) is 0 Å². The Morgan fingerprint density at radius 1 is 0.611 bits per heavy atom. The highest BCUT2D eigenvalue weighted by Gasteiger charge is 2.64. The monoisotopic (exact) mass is 510 g/mol. The van der Waals surface area contributed by atoms with Crippen LogP contribution in [-0.2, 0) is 19.1 Å². The maximum atomic E-state index is 12.9. The molecule has 2 fully saturated rings. The van der Waals surface area contributed by atoms with Crippen LogP contribution in [0.3, 0.4) is 0 Å². The molecule has 16 nitrogen and oxygen atoms in total. The Kier molecular flexibility index (Phi) is 5.89.